The van der Waals surface area contributed by atoms with Gasteiger partial charge >= 0.3 is 0 Å². The van der Waals surface area contributed by atoms with E-state index < -0.39 is 0 Å². The number of aryl methyl sites for hydroxylation is 3. The molecule has 24 heavy (non-hydrogen) atoms. The Hall–Kier alpha value is -2.77. The number of aromatic nitrogens is 6. The first-order chi connectivity index (χ1) is 11.6. The minimum Gasteiger partial charge on any atom is -0.351 e. The molecule has 0 saturated carbocycles. The molecule has 3 aromatic rings. The maximum atomic E-state index is 12.5. The van der Waals surface area contributed by atoms with Crippen LogP contribution in [0.25, 0.3) is 5.65 Å². The van der Waals surface area contributed by atoms with E-state index in [9.17, 15) is 4.79 Å². The molecular weight excluding hydrogens is 306 g/mol. The maximum absolute atomic E-state index is 12.5. The van der Waals surface area contributed by atoms with Crippen molar-refractivity contribution >= 4 is 11.6 Å². The molecule has 1 aliphatic rings. The summed E-state index contributed by atoms with van der Waals surface area (Å²) in [6.07, 6.45) is 4.35. The predicted molar refractivity (Wildman–Crippen MR) is 86.8 cm³/mol. The zero-order valence-corrected chi connectivity index (χ0v) is 13.8. The summed E-state index contributed by atoms with van der Waals surface area (Å²) < 4.78 is 3.84. The van der Waals surface area contributed by atoms with Crippen LogP contribution in [0.2, 0.25) is 0 Å². The second kappa shape index (κ2) is 5.70. The van der Waals surface area contributed by atoms with Crippen molar-refractivity contribution in [1.29, 1.82) is 0 Å². The number of rotatable bonds is 4. The number of nitrogens with one attached hydrogen (secondary N) is 1. The van der Waals surface area contributed by atoms with Gasteiger partial charge in [-0.1, -0.05) is 0 Å². The Labute approximate surface area is 138 Å². The van der Waals surface area contributed by atoms with Gasteiger partial charge in [-0.15, -0.1) is 10.2 Å². The summed E-state index contributed by atoms with van der Waals surface area (Å²) in [6.45, 7) is 5.34. The molecule has 1 N–H and O–H groups in total. The molecule has 0 radical (unpaired) electrons. The van der Waals surface area contributed by atoms with Gasteiger partial charge in [0.15, 0.2) is 5.65 Å². The van der Waals surface area contributed by atoms with Crippen LogP contribution in [0.4, 0.5) is 0 Å². The van der Waals surface area contributed by atoms with Crippen molar-refractivity contribution in [2.45, 2.75) is 39.7 Å². The van der Waals surface area contributed by atoms with Gasteiger partial charge < -0.3 is 9.88 Å². The highest BCUT2D eigenvalue weighted by molar-refractivity contribution is 5.99. The number of hydrogen-bond donors (Lipinski definition) is 1. The minimum atomic E-state index is -0.163. The second-order valence-corrected chi connectivity index (χ2v) is 6.13. The number of fused-ring (bicyclic) bond motifs is 2. The summed E-state index contributed by atoms with van der Waals surface area (Å²) in [4.78, 5) is 16.9. The average molecular weight is 325 g/mol. The molecule has 124 valence electrons. The van der Waals surface area contributed by atoms with E-state index in [0.29, 0.717) is 24.2 Å². The van der Waals surface area contributed by atoms with Crippen molar-refractivity contribution in [2.24, 2.45) is 0 Å². The molecule has 0 aromatic carbocycles. The van der Waals surface area contributed by atoms with Crippen LogP contribution < -0.4 is 5.32 Å². The van der Waals surface area contributed by atoms with Crippen molar-refractivity contribution in [1.82, 2.24) is 34.7 Å². The van der Waals surface area contributed by atoms with Crippen molar-refractivity contribution < 1.29 is 4.79 Å². The highest BCUT2D eigenvalue weighted by Gasteiger charge is 2.18. The standard InChI is InChI=1S/C16H19N7O/c1-10-8-11(2)23-15(19-10)12(9-18-23)16(24)17-6-5-14-21-20-13-4-3-7-22(13)14/h8-9H,3-7H2,1-2H3,(H,17,24). The Bertz CT molecular complexity index is 924. The van der Waals surface area contributed by atoms with Crippen LogP contribution in [0.15, 0.2) is 12.3 Å². The molecule has 0 unspecified atom stereocenters. The first kappa shape index (κ1) is 14.8. The van der Waals surface area contributed by atoms with E-state index in [0.717, 1.165) is 42.4 Å². The first-order valence-corrected chi connectivity index (χ1v) is 8.14. The average Bonchev–Trinajstić information content (AvgIpc) is 3.22. The number of carbonyl (C=O) groups is 1. The van der Waals surface area contributed by atoms with E-state index in [1.54, 1.807) is 10.7 Å². The molecule has 8 nitrogen and oxygen atoms in total. The van der Waals surface area contributed by atoms with Crippen molar-refractivity contribution in [3.05, 3.63) is 40.9 Å². The fraction of sp³-hybridized carbons (Fsp3) is 0.438. The van der Waals surface area contributed by atoms with Gasteiger partial charge in [-0.2, -0.15) is 5.10 Å². The Kier molecular flexibility index (Phi) is 3.51. The van der Waals surface area contributed by atoms with Crippen LogP contribution in [0.5, 0.6) is 0 Å². The normalized spacial score (nSPS) is 13.4. The van der Waals surface area contributed by atoms with Crippen LogP contribution in [-0.4, -0.2) is 41.8 Å². The van der Waals surface area contributed by atoms with E-state index >= 15 is 0 Å². The second-order valence-electron chi connectivity index (χ2n) is 6.13. The largest absolute Gasteiger partial charge is 0.351 e. The molecule has 8 heteroatoms. The van der Waals surface area contributed by atoms with E-state index in [1.807, 2.05) is 19.9 Å². The third-order valence-corrected chi connectivity index (χ3v) is 4.34. The van der Waals surface area contributed by atoms with Gasteiger partial charge in [0.1, 0.15) is 17.2 Å². The molecule has 1 amide bonds. The molecule has 1 aliphatic heterocycles. The fourth-order valence-electron chi connectivity index (χ4n) is 3.21. The number of nitrogens with zero attached hydrogens (tertiary/aromatic N) is 6. The minimum absolute atomic E-state index is 0.163. The summed E-state index contributed by atoms with van der Waals surface area (Å²) in [5.41, 5.74) is 2.91. The van der Waals surface area contributed by atoms with E-state index in [-0.39, 0.29) is 5.91 Å². The summed E-state index contributed by atoms with van der Waals surface area (Å²) in [7, 11) is 0. The topological polar surface area (TPSA) is 90.0 Å². The van der Waals surface area contributed by atoms with Gasteiger partial charge in [0.25, 0.3) is 5.91 Å². The van der Waals surface area contributed by atoms with Gasteiger partial charge in [-0.3, -0.25) is 4.79 Å². The third-order valence-electron chi connectivity index (χ3n) is 4.34. The van der Waals surface area contributed by atoms with Gasteiger partial charge in [-0.25, -0.2) is 9.50 Å². The predicted octanol–water partition coefficient (Wildman–Crippen LogP) is 0.856. The zero-order chi connectivity index (χ0) is 16.7. The molecule has 0 spiro atoms. The summed E-state index contributed by atoms with van der Waals surface area (Å²) in [5.74, 6) is 1.82. The zero-order valence-electron chi connectivity index (χ0n) is 13.8. The Morgan fingerprint density at radius 3 is 3.08 bits per heavy atom. The number of hydrogen-bond acceptors (Lipinski definition) is 5. The lowest BCUT2D eigenvalue weighted by atomic mass is 10.3. The SMILES string of the molecule is Cc1cc(C)n2ncc(C(=O)NCCc3nnc4n3CCC4)c2n1. The van der Waals surface area contributed by atoms with Crippen LogP contribution >= 0.6 is 0 Å². The smallest absolute Gasteiger partial charge is 0.256 e. The highest BCUT2D eigenvalue weighted by Crippen LogP contribution is 2.14. The Morgan fingerprint density at radius 1 is 1.33 bits per heavy atom. The quantitative estimate of drug-likeness (QED) is 0.768. The lowest BCUT2D eigenvalue weighted by Crippen LogP contribution is -2.26. The molecule has 0 aliphatic carbocycles. The lowest BCUT2D eigenvalue weighted by Gasteiger charge is -2.05. The summed E-state index contributed by atoms with van der Waals surface area (Å²) in [5, 5.41) is 15.6. The molecular formula is C16H19N7O. The van der Waals surface area contributed by atoms with Gasteiger partial charge in [0.05, 0.1) is 6.20 Å². The van der Waals surface area contributed by atoms with Crippen molar-refractivity contribution in [3.8, 4) is 0 Å². The molecule has 0 fully saturated rings. The molecule has 3 aromatic heterocycles. The molecule has 0 bridgehead atoms. The van der Waals surface area contributed by atoms with Crippen LogP contribution in [0, 0.1) is 13.8 Å². The summed E-state index contributed by atoms with van der Waals surface area (Å²) >= 11 is 0. The van der Waals surface area contributed by atoms with Crippen LogP contribution in [0.1, 0.15) is 39.8 Å². The van der Waals surface area contributed by atoms with Crippen molar-refractivity contribution in [2.75, 3.05) is 6.54 Å². The van der Waals surface area contributed by atoms with Gasteiger partial charge in [0, 0.05) is 37.3 Å². The van der Waals surface area contributed by atoms with E-state index in [1.165, 1.54) is 0 Å². The highest BCUT2D eigenvalue weighted by atomic mass is 16.1. The van der Waals surface area contributed by atoms with Crippen LogP contribution in [0.3, 0.4) is 0 Å². The number of amides is 1. The van der Waals surface area contributed by atoms with Crippen molar-refractivity contribution in [3.63, 3.8) is 0 Å². The summed E-state index contributed by atoms with van der Waals surface area (Å²) in [6, 6.07) is 1.94. The van der Waals surface area contributed by atoms with Gasteiger partial charge in [0.2, 0.25) is 0 Å². The van der Waals surface area contributed by atoms with E-state index in [2.05, 4.69) is 30.2 Å². The maximum Gasteiger partial charge on any atom is 0.256 e. The lowest BCUT2D eigenvalue weighted by molar-refractivity contribution is 0.0955. The third kappa shape index (κ3) is 2.44. The molecule has 0 atom stereocenters. The Morgan fingerprint density at radius 2 is 2.21 bits per heavy atom. The molecule has 4 heterocycles. The first-order valence-electron chi connectivity index (χ1n) is 8.14. The fourth-order valence-corrected chi connectivity index (χ4v) is 3.21. The van der Waals surface area contributed by atoms with Crippen LogP contribution in [-0.2, 0) is 19.4 Å². The Balaban J connectivity index is 1.47. The van der Waals surface area contributed by atoms with E-state index in [4.69, 9.17) is 0 Å². The molecule has 4 rings (SSSR count). The monoisotopic (exact) mass is 325 g/mol. The van der Waals surface area contributed by atoms with Gasteiger partial charge in [-0.05, 0) is 26.3 Å². The number of carbonyl (C=O) groups excluding carboxylic acids is 1. The molecule has 0 saturated heterocycles.